The molecule has 2 bridgehead atoms. The molecule has 0 saturated carbocycles. The molecule has 2 atom stereocenters. The van der Waals surface area contributed by atoms with Crippen LogP contribution in [0.4, 0.5) is 0 Å². The van der Waals surface area contributed by atoms with Gasteiger partial charge in [0.2, 0.25) is 0 Å². The Kier molecular flexibility index (Phi) is 4.54. The van der Waals surface area contributed by atoms with Crippen molar-refractivity contribution in [1.82, 2.24) is 10.2 Å². The highest BCUT2D eigenvalue weighted by molar-refractivity contribution is 7.14. The summed E-state index contributed by atoms with van der Waals surface area (Å²) in [4.78, 5) is 17.3. The van der Waals surface area contributed by atoms with Gasteiger partial charge in [-0.1, -0.05) is 0 Å². The molecule has 1 aromatic rings. The Morgan fingerprint density at radius 3 is 3.05 bits per heavy atom. The summed E-state index contributed by atoms with van der Waals surface area (Å²) in [5.74, 6) is 0.251. The molecule has 0 aliphatic carbocycles. The molecule has 1 N–H and O–H groups in total. The Labute approximate surface area is 135 Å². The second kappa shape index (κ2) is 6.24. The summed E-state index contributed by atoms with van der Waals surface area (Å²) in [6.45, 7) is 3.46. The van der Waals surface area contributed by atoms with Crippen molar-refractivity contribution in [3.8, 4) is 0 Å². The van der Waals surface area contributed by atoms with E-state index in [1.54, 1.807) is 11.3 Å². The molecule has 4 nitrogen and oxygen atoms in total. The Morgan fingerprint density at radius 1 is 1.33 bits per heavy atom. The molecular formula is C15H21ClN2O2S. The van der Waals surface area contributed by atoms with Crippen LogP contribution in [0.2, 0.25) is 0 Å². The summed E-state index contributed by atoms with van der Waals surface area (Å²) in [5, 5.41) is 3.45. The minimum atomic E-state index is 0. The first-order valence-corrected chi connectivity index (χ1v) is 8.37. The summed E-state index contributed by atoms with van der Waals surface area (Å²) in [6, 6.07) is 2.91. The molecule has 21 heavy (non-hydrogen) atoms. The maximum Gasteiger partial charge on any atom is 0.264 e. The third kappa shape index (κ3) is 2.72. The quantitative estimate of drug-likeness (QED) is 0.859. The fraction of sp³-hybridized carbons (Fsp3) is 0.667. The van der Waals surface area contributed by atoms with Crippen molar-refractivity contribution < 1.29 is 9.53 Å². The largest absolute Gasteiger partial charge is 0.376 e. The lowest BCUT2D eigenvalue weighted by molar-refractivity contribution is 0.0685. The lowest BCUT2D eigenvalue weighted by atomic mass is 10.1. The van der Waals surface area contributed by atoms with Crippen LogP contribution in [0.25, 0.3) is 0 Å². The molecule has 4 rings (SSSR count). The van der Waals surface area contributed by atoms with Crippen LogP contribution in [0.3, 0.4) is 0 Å². The number of carbonyl (C=O) groups excluding carboxylic acids is 1. The number of nitrogens with one attached hydrogen (secondary N) is 1. The van der Waals surface area contributed by atoms with Gasteiger partial charge in [-0.05, 0) is 37.4 Å². The second-order valence-corrected chi connectivity index (χ2v) is 7.09. The van der Waals surface area contributed by atoms with Gasteiger partial charge >= 0.3 is 0 Å². The minimum Gasteiger partial charge on any atom is -0.376 e. The van der Waals surface area contributed by atoms with E-state index in [1.165, 1.54) is 16.9 Å². The van der Waals surface area contributed by atoms with Gasteiger partial charge in [0, 0.05) is 29.9 Å². The van der Waals surface area contributed by atoms with Crippen LogP contribution >= 0.6 is 23.7 Å². The molecule has 116 valence electrons. The van der Waals surface area contributed by atoms with Gasteiger partial charge in [-0.3, -0.25) is 4.79 Å². The average molecular weight is 329 g/mol. The van der Waals surface area contributed by atoms with Gasteiger partial charge in [0.15, 0.2) is 0 Å². The predicted molar refractivity (Wildman–Crippen MR) is 85.4 cm³/mol. The number of amides is 1. The van der Waals surface area contributed by atoms with Crippen LogP contribution in [0, 0.1) is 0 Å². The summed E-state index contributed by atoms with van der Waals surface area (Å²) in [7, 11) is 0. The predicted octanol–water partition coefficient (Wildman–Crippen LogP) is 2.21. The third-order valence-electron chi connectivity index (χ3n) is 4.73. The first-order chi connectivity index (χ1) is 9.83. The van der Waals surface area contributed by atoms with Crippen LogP contribution in [0.5, 0.6) is 0 Å². The highest BCUT2D eigenvalue weighted by Gasteiger charge is 2.39. The second-order valence-electron chi connectivity index (χ2n) is 5.95. The molecule has 6 heteroatoms. The van der Waals surface area contributed by atoms with Crippen molar-refractivity contribution in [2.75, 3.05) is 19.7 Å². The average Bonchev–Trinajstić information content (AvgIpc) is 2.98. The summed E-state index contributed by atoms with van der Waals surface area (Å²) < 4.78 is 5.48. The molecule has 0 radical (unpaired) electrons. The van der Waals surface area contributed by atoms with E-state index in [1.807, 2.05) is 0 Å². The van der Waals surface area contributed by atoms with Gasteiger partial charge < -0.3 is 15.0 Å². The van der Waals surface area contributed by atoms with Crippen molar-refractivity contribution in [2.45, 2.75) is 44.4 Å². The lowest BCUT2D eigenvalue weighted by Gasteiger charge is -2.27. The zero-order chi connectivity index (χ0) is 13.5. The molecular weight excluding hydrogens is 308 g/mol. The van der Waals surface area contributed by atoms with Crippen LogP contribution in [0.15, 0.2) is 6.07 Å². The molecule has 2 unspecified atom stereocenters. The number of hydrogen-bond acceptors (Lipinski definition) is 4. The van der Waals surface area contributed by atoms with E-state index in [4.69, 9.17) is 4.74 Å². The maximum atomic E-state index is 12.9. The number of rotatable bonds is 1. The van der Waals surface area contributed by atoms with Crippen molar-refractivity contribution in [2.24, 2.45) is 0 Å². The topological polar surface area (TPSA) is 41.6 Å². The molecule has 3 aliphatic heterocycles. The normalized spacial score (nSPS) is 27.7. The number of ether oxygens (including phenoxy) is 1. The molecule has 0 aromatic carbocycles. The number of thiophene rings is 1. The van der Waals surface area contributed by atoms with Gasteiger partial charge in [-0.15, -0.1) is 23.7 Å². The first-order valence-electron chi connectivity index (χ1n) is 7.55. The van der Waals surface area contributed by atoms with Crippen molar-refractivity contribution in [1.29, 1.82) is 0 Å². The van der Waals surface area contributed by atoms with Crippen LogP contribution < -0.4 is 5.32 Å². The Morgan fingerprint density at radius 2 is 2.19 bits per heavy atom. The number of fused-ring (bicyclic) bond motifs is 3. The number of hydrogen-bond donors (Lipinski definition) is 1. The Balaban J connectivity index is 0.00000132. The molecule has 1 amide bonds. The van der Waals surface area contributed by atoms with Crippen molar-refractivity contribution in [3.63, 3.8) is 0 Å². The van der Waals surface area contributed by atoms with E-state index in [0.717, 1.165) is 43.8 Å². The summed E-state index contributed by atoms with van der Waals surface area (Å²) >= 11 is 1.68. The molecule has 1 aromatic heterocycles. The van der Waals surface area contributed by atoms with Gasteiger partial charge in [-0.25, -0.2) is 0 Å². The van der Waals surface area contributed by atoms with Gasteiger partial charge in [0.05, 0.1) is 18.1 Å². The molecule has 2 fully saturated rings. The van der Waals surface area contributed by atoms with Gasteiger partial charge in [-0.2, -0.15) is 0 Å². The molecule has 4 heterocycles. The lowest BCUT2D eigenvalue weighted by Crippen LogP contribution is -2.42. The molecule has 3 aliphatic rings. The van der Waals surface area contributed by atoms with Crippen LogP contribution in [-0.4, -0.2) is 42.6 Å². The SMILES string of the molecule is Cl.O=C(c1cc2c(s1)CCOC2)N1C2CCNCC1CC2. The van der Waals surface area contributed by atoms with E-state index in [-0.39, 0.29) is 18.3 Å². The van der Waals surface area contributed by atoms with E-state index < -0.39 is 0 Å². The van der Waals surface area contributed by atoms with Gasteiger partial charge in [0.1, 0.15) is 0 Å². The Hall–Kier alpha value is -0.620. The fourth-order valence-corrected chi connectivity index (χ4v) is 4.79. The van der Waals surface area contributed by atoms with Gasteiger partial charge in [0.25, 0.3) is 5.91 Å². The van der Waals surface area contributed by atoms with E-state index in [0.29, 0.717) is 18.7 Å². The van der Waals surface area contributed by atoms with Crippen LogP contribution in [0.1, 0.15) is 39.4 Å². The monoisotopic (exact) mass is 328 g/mol. The molecule has 0 spiro atoms. The maximum absolute atomic E-state index is 12.9. The number of halogens is 1. The number of nitrogens with zero attached hydrogens (tertiary/aromatic N) is 1. The Bertz CT molecular complexity index is 496. The van der Waals surface area contributed by atoms with Crippen molar-refractivity contribution >= 4 is 29.7 Å². The fourth-order valence-electron chi connectivity index (χ4n) is 3.69. The summed E-state index contributed by atoms with van der Waals surface area (Å²) in [6.07, 6.45) is 4.38. The standard InChI is InChI=1S/C15H20N2O2S.ClH/c18-15(14-7-10-9-19-6-4-13(10)20-14)17-11-1-2-12(17)8-16-5-3-11;/h7,11-12,16H,1-6,8-9H2;1H. The summed E-state index contributed by atoms with van der Waals surface area (Å²) in [5.41, 5.74) is 1.23. The van der Waals surface area contributed by atoms with E-state index >= 15 is 0 Å². The third-order valence-corrected chi connectivity index (χ3v) is 5.95. The van der Waals surface area contributed by atoms with Crippen LogP contribution in [-0.2, 0) is 17.8 Å². The smallest absolute Gasteiger partial charge is 0.264 e. The highest BCUT2D eigenvalue weighted by Crippen LogP contribution is 2.33. The first kappa shape index (κ1) is 15.3. The van der Waals surface area contributed by atoms with E-state index in [9.17, 15) is 4.79 Å². The highest BCUT2D eigenvalue weighted by atomic mass is 35.5. The molecule has 2 saturated heterocycles. The minimum absolute atomic E-state index is 0. The van der Waals surface area contributed by atoms with E-state index in [2.05, 4.69) is 16.3 Å². The number of carbonyl (C=O) groups is 1. The zero-order valence-electron chi connectivity index (χ0n) is 12.0. The van der Waals surface area contributed by atoms with Crippen molar-refractivity contribution in [3.05, 3.63) is 21.4 Å². The zero-order valence-corrected chi connectivity index (χ0v) is 13.6.